The second kappa shape index (κ2) is 4.10. The number of carboxylic acids is 1. The van der Waals surface area contributed by atoms with Crippen molar-refractivity contribution in [3.63, 3.8) is 0 Å². The minimum Gasteiger partial charge on any atom is -0.480 e. The molecule has 0 aromatic carbocycles. The zero-order chi connectivity index (χ0) is 10.1. The Bertz CT molecular complexity index is 355. The molecule has 0 saturated carbocycles. The summed E-state index contributed by atoms with van der Waals surface area (Å²) < 4.78 is 0. The van der Waals surface area contributed by atoms with E-state index in [4.69, 9.17) is 16.7 Å². The van der Waals surface area contributed by atoms with Crippen LogP contribution in [0.3, 0.4) is 0 Å². The van der Waals surface area contributed by atoms with Gasteiger partial charge in [-0.2, -0.15) is 0 Å². The van der Waals surface area contributed by atoms with Crippen LogP contribution in [0.25, 0.3) is 0 Å². The Morgan fingerprint density at radius 2 is 2.50 bits per heavy atom. The summed E-state index contributed by atoms with van der Waals surface area (Å²) in [4.78, 5) is 11.8. The summed E-state index contributed by atoms with van der Waals surface area (Å²) in [5, 5.41) is 14.5. The number of thioether (sulfide) groups is 1. The van der Waals surface area contributed by atoms with Crippen molar-refractivity contribution in [2.75, 3.05) is 5.75 Å². The first-order chi connectivity index (χ1) is 6.66. The van der Waals surface area contributed by atoms with Crippen molar-refractivity contribution in [1.82, 2.24) is 5.32 Å². The van der Waals surface area contributed by atoms with Gasteiger partial charge >= 0.3 is 5.97 Å². The Labute approximate surface area is 94.5 Å². The number of hydrogen-bond acceptors (Lipinski definition) is 4. The zero-order valence-corrected chi connectivity index (χ0v) is 9.46. The lowest BCUT2D eigenvalue weighted by Crippen LogP contribution is -2.33. The van der Waals surface area contributed by atoms with Crippen LogP contribution in [0.1, 0.15) is 10.3 Å². The SMILES string of the molecule is O=C(O)[C@@H]1CSC(c2cc(Cl)cs2)N1. The van der Waals surface area contributed by atoms with Gasteiger partial charge in [-0.3, -0.25) is 10.1 Å². The predicted octanol–water partition coefficient (Wildman–Crippen LogP) is 2.19. The molecule has 1 saturated heterocycles. The first-order valence-electron chi connectivity index (χ1n) is 4.01. The van der Waals surface area contributed by atoms with Crippen LogP contribution in [0.15, 0.2) is 11.4 Å². The number of halogens is 1. The molecular formula is C8H8ClNO2S2. The van der Waals surface area contributed by atoms with E-state index in [2.05, 4.69) is 5.32 Å². The van der Waals surface area contributed by atoms with E-state index in [1.165, 1.54) is 0 Å². The highest BCUT2D eigenvalue weighted by Gasteiger charge is 2.30. The van der Waals surface area contributed by atoms with E-state index in [9.17, 15) is 4.79 Å². The quantitative estimate of drug-likeness (QED) is 0.844. The van der Waals surface area contributed by atoms with Crippen LogP contribution in [0, 0.1) is 0 Å². The zero-order valence-electron chi connectivity index (χ0n) is 7.07. The summed E-state index contributed by atoms with van der Waals surface area (Å²) >= 11 is 8.95. The standard InChI is InChI=1S/C8H8ClNO2S2/c9-4-1-6(13-2-4)7-10-5(3-14-7)8(11)12/h1-2,5,7,10H,3H2,(H,11,12)/t5-,7?/m0/s1. The molecule has 6 heteroatoms. The lowest BCUT2D eigenvalue weighted by molar-refractivity contribution is -0.138. The summed E-state index contributed by atoms with van der Waals surface area (Å²) in [5.74, 6) is -0.183. The van der Waals surface area contributed by atoms with Gasteiger partial charge < -0.3 is 5.11 Å². The predicted molar refractivity (Wildman–Crippen MR) is 59.1 cm³/mol. The van der Waals surface area contributed by atoms with E-state index in [-0.39, 0.29) is 5.37 Å². The van der Waals surface area contributed by atoms with Gasteiger partial charge in [-0.15, -0.1) is 23.1 Å². The van der Waals surface area contributed by atoms with Gasteiger partial charge in [0.2, 0.25) is 0 Å². The number of hydrogen-bond donors (Lipinski definition) is 2. The molecule has 0 spiro atoms. The Kier molecular flexibility index (Phi) is 3.02. The van der Waals surface area contributed by atoms with E-state index in [0.29, 0.717) is 10.8 Å². The van der Waals surface area contributed by atoms with Crippen LogP contribution < -0.4 is 5.32 Å². The monoisotopic (exact) mass is 249 g/mol. The van der Waals surface area contributed by atoms with Gasteiger partial charge in [0.05, 0.1) is 10.4 Å². The molecular weight excluding hydrogens is 242 g/mol. The molecule has 3 nitrogen and oxygen atoms in total. The fraction of sp³-hybridized carbons (Fsp3) is 0.375. The molecule has 2 rings (SSSR count). The Balaban J connectivity index is 2.05. The van der Waals surface area contributed by atoms with Crippen LogP contribution in [-0.4, -0.2) is 22.9 Å². The molecule has 2 N–H and O–H groups in total. The Hall–Kier alpha value is -0.230. The molecule has 1 aromatic heterocycles. The number of carboxylic acid groups (broad SMARTS) is 1. The molecule has 14 heavy (non-hydrogen) atoms. The number of aliphatic carboxylic acids is 1. The van der Waals surface area contributed by atoms with E-state index in [1.807, 2.05) is 11.4 Å². The van der Waals surface area contributed by atoms with Crippen LogP contribution in [-0.2, 0) is 4.79 Å². The number of nitrogens with one attached hydrogen (secondary N) is 1. The molecule has 1 aliphatic rings. The third kappa shape index (κ3) is 2.06. The molecule has 2 atom stereocenters. The van der Waals surface area contributed by atoms with E-state index < -0.39 is 12.0 Å². The largest absolute Gasteiger partial charge is 0.480 e. The van der Waals surface area contributed by atoms with Crippen LogP contribution in [0.4, 0.5) is 0 Å². The van der Waals surface area contributed by atoms with Gasteiger partial charge in [0, 0.05) is 16.0 Å². The summed E-state index contributed by atoms with van der Waals surface area (Å²) in [5.41, 5.74) is 0. The summed E-state index contributed by atoms with van der Waals surface area (Å²) in [6.45, 7) is 0. The van der Waals surface area contributed by atoms with Crippen LogP contribution in [0.5, 0.6) is 0 Å². The van der Waals surface area contributed by atoms with Gasteiger partial charge in [-0.25, -0.2) is 0 Å². The average molecular weight is 250 g/mol. The topological polar surface area (TPSA) is 49.3 Å². The van der Waals surface area contributed by atoms with Crippen molar-refractivity contribution in [2.24, 2.45) is 0 Å². The van der Waals surface area contributed by atoms with E-state index in [0.717, 1.165) is 4.88 Å². The van der Waals surface area contributed by atoms with E-state index >= 15 is 0 Å². The highest BCUT2D eigenvalue weighted by Crippen LogP contribution is 2.37. The summed E-state index contributed by atoms with van der Waals surface area (Å²) in [7, 11) is 0. The Morgan fingerprint density at radius 3 is 3.00 bits per heavy atom. The molecule has 2 heterocycles. The van der Waals surface area contributed by atoms with Gasteiger partial charge in [0.1, 0.15) is 6.04 Å². The highest BCUT2D eigenvalue weighted by atomic mass is 35.5. The molecule has 1 fully saturated rings. The Morgan fingerprint density at radius 1 is 1.71 bits per heavy atom. The molecule has 0 amide bonds. The smallest absolute Gasteiger partial charge is 0.321 e. The van der Waals surface area contributed by atoms with Gasteiger partial charge in [-0.05, 0) is 6.07 Å². The molecule has 1 aliphatic heterocycles. The molecule has 0 aliphatic carbocycles. The van der Waals surface area contributed by atoms with Crippen molar-refractivity contribution in [2.45, 2.75) is 11.4 Å². The van der Waals surface area contributed by atoms with Crippen molar-refractivity contribution in [3.05, 3.63) is 21.3 Å². The average Bonchev–Trinajstić information content (AvgIpc) is 2.70. The minimum absolute atomic E-state index is 0.0774. The molecule has 1 unspecified atom stereocenters. The maximum Gasteiger partial charge on any atom is 0.321 e. The molecule has 76 valence electrons. The maximum atomic E-state index is 10.7. The number of thiophene rings is 1. The summed E-state index contributed by atoms with van der Waals surface area (Å²) in [6, 6.07) is 1.44. The van der Waals surface area contributed by atoms with Crippen molar-refractivity contribution >= 4 is 40.7 Å². The molecule has 0 radical (unpaired) electrons. The fourth-order valence-corrected chi connectivity index (χ4v) is 3.75. The highest BCUT2D eigenvalue weighted by molar-refractivity contribution is 7.99. The molecule has 1 aromatic rings. The number of rotatable bonds is 2. The van der Waals surface area contributed by atoms with Gasteiger partial charge in [0.15, 0.2) is 0 Å². The third-order valence-electron chi connectivity index (χ3n) is 1.93. The van der Waals surface area contributed by atoms with Crippen molar-refractivity contribution in [1.29, 1.82) is 0 Å². The van der Waals surface area contributed by atoms with Crippen molar-refractivity contribution < 1.29 is 9.90 Å². The molecule has 0 bridgehead atoms. The van der Waals surface area contributed by atoms with Crippen molar-refractivity contribution in [3.8, 4) is 0 Å². The number of carbonyl (C=O) groups is 1. The normalized spacial score (nSPS) is 26.6. The third-order valence-corrected chi connectivity index (χ3v) is 4.67. The first kappa shape index (κ1) is 10.3. The lowest BCUT2D eigenvalue weighted by Gasteiger charge is -2.07. The second-order valence-electron chi connectivity index (χ2n) is 2.94. The second-order valence-corrected chi connectivity index (χ2v) is 5.46. The van der Waals surface area contributed by atoms with Gasteiger partial charge in [-0.1, -0.05) is 11.6 Å². The maximum absolute atomic E-state index is 10.7. The lowest BCUT2D eigenvalue weighted by atomic mass is 10.3. The summed E-state index contributed by atoms with van der Waals surface area (Å²) in [6.07, 6.45) is 0. The fourth-order valence-electron chi connectivity index (χ4n) is 1.24. The van der Waals surface area contributed by atoms with Crippen LogP contribution in [0.2, 0.25) is 5.02 Å². The first-order valence-corrected chi connectivity index (χ1v) is 6.32. The minimum atomic E-state index is -0.789. The van der Waals surface area contributed by atoms with Gasteiger partial charge in [0.25, 0.3) is 0 Å². The van der Waals surface area contributed by atoms with Crippen LogP contribution >= 0.6 is 34.7 Å². The van der Waals surface area contributed by atoms with E-state index in [1.54, 1.807) is 23.1 Å².